The summed E-state index contributed by atoms with van der Waals surface area (Å²) in [5, 5.41) is 11.5. The van der Waals surface area contributed by atoms with Gasteiger partial charge in [-0.3, -0.25) is 0 Å². The topological polar surface area (TPSA) is 58.6 Å². The molecule has 0 spiro atoms. The molecule has 1 aliphatic rings. The van der Waals surface area contributed by atoms with Gasteiger partial charge in [-0.1, -0.05) is 0 Å². The predicted octanol–water partition coefficient (Wildman–Crippen LogP) is -0.130. The van der Waals surface area contributed by atoms with Gasteiger partial charge in [0.05, 0.1) is 6.61 Å². The van der Waals surface area contributed by atoms with Crippen LogP contribution in [-0.4, -0.2) is 36.4 Å². The summed E-state index contributed by atoms with van der Waals surface area (Å²) in [6.07, 6.45) is -0.656. The Morgan fingerprint density at radius 2 is 2.36 bits per heavy atom. The van der Waals surface area contributed by atoms with Crippen molar-refractivity contribution in [1.82, 2.24) is 5.32 Å². The molecule has 5 heteroatoms. The third kappa shape index (κ3) is 3.05. The summed E-state index contributed by atoms with van der Waals surface area (Å²) in [6.45, 7) is 2.85. The smallest absolute Gasteiger partial charge is 0.334 e. The predicted molar refractivity (Wildman–Crippen MR) is 42.1 cm³/mol. The van der Waals surface area contributed by atoms with Crippen LogP contribution in [0.4, 0.5) is 0 Å². The normalized spacial score (nSPS) is 30.6. The lowest BCUT2D eigenvalue weighted by Crippen LogP contribution is -2.47. The van der Waals surface area contributed by atoms with E-state index in [1.165, 1.54) is 0 Å². The van der Waals surface area contributed by atoms with Crippen molar-refractivity contribution in [2.75, 3.05) is 13.2 Å². The minimum atomic E-state index is -0.889. The highest BCUT2D eigenvalue weighted by molar-refractivity contribution is 5.85. The Morgan fingerprint density at radius 3 is 2.73 bits per heavy atom. The zero-order valence-corrected chi connectivity index (χ0v) is 7.06. The van der Waals surface area contributed by atoms with Gasteiger partial charge in [-0.2, -0.15) is 0 Å². The molecule has 0 amide bonds. The van der Waals surface area contributed by atoms with Crippen molar-refractivity contribution >= 4 is 18.4 Å². The van der Waals surface area contributed by atoms with Crippen LogP contribution in [0.3, 0.4) is 0 Å². The quantitative estimate of drug-likeness (QED) is 0.592. The van der Waals surface area contributed by atoms with E-state index < -0.39 is 12.1 Å². The second-order valence-electron chi connectivity index (χ2n) is 2.47. The number of carboxylic acid groups (broad SMARTS) is 1. The van der Waals surface area contributed by atoms with Crippen LogP contribution < -0.4 is 5.32 Å². The van der Waals surface area contributed by atoms with E-state index in [1.54, 1.807) is 0 Å². The van der Waals surface area contributed by atoms with Crippen LogP contribution in [0.1, 0.15) is 6.92 Å². The lowest BCUT2D eigenvalue weighted by molar-refractivity contribution is -0.152. The van der Waals surface area contributed by atoms with E-state index in [4.69, 9.17) is 9.84 Å². The van der Waals surface area contributed by atoms with Crippen molar-refractivity contribution in [3.8, 4) is 0 Å². The zero-order chi connectivity index (χ0) is 7.56. The first kappa shape index (κ1) is 10.7. The van der Waals surface area contributed by atoms with Gasteiger partial charge in [-0.15, -0.1) is 12.4 Å². The highest BCUT2D eigenvalue weighted by Crippen LogP contribution is 1.99. The van der Waals surface area contributed by atoms with Gasteiger partial charge in [0.2, 0.25) is 0 Å². The highest BCUT2D eigenvalue weighted by atomic mass is 35.5. The average Bonchev–Trinajstić information content (AvgIpc) is 1.88. The third-order valence-electron chi connectivity index (χ3n) is 1.47. The van der Waals surface area contributed by atoms with Crippen molar-refractivity contribution < 1.29 is 14.6 Å². The first-order chi connectivity index (χ1) is 4.70. The number of ether oxygens (including phenoxy) is 1. The summed E-state index contributed by atoms with van der Waals surface area (Å²) in [7, 11) is 0. The van der Waals surface area contributed by atoms with Crippen LogP contribution in [0, 0.1) is 0 Å². The fraction of sp³-hybridized carbons (Fsp3) is 0.833. The monoisotopic (exact) mass is 181 g/mol. The first-order valence-corrected chi connectivity index (χ1v) is 3.28. The van der Waals surface area contributed by atoms with Crippen molar-refractivity contribution in [3.63, 3.8) is 0 Å². The van der Waals surface area contributed by atoms with Gasteiger partial charge in [0.25, 0.3) is 0 Å². The summed E-state index contributed by atoms with van der Waals surface area (Å²) in [5.41, 5.74) is 0. The van der Waals surface area contributed by atoms with Gasteiger partial charge in [-0.05, 0) is 6.92 Å². The number of hydrogen-bond donors (Lipinski definition) is 2. The van der Waals surface area contributed by atoms with Gasteiger partial charge in [0.1, 0.15) is 0 Å². The van der Waals surface area contributed by atoms with E-state index in [1.807, 2.05) is 6.92 Å². The van der Waals surface area contributed by atoms with Gasteiger partial charge in [0, 0.05) is 12.6 Å². The van der Waals surface area contributed by atoms with Crippen molar-refractivity contribution in [2.45, 2.75) is 19.1 Å². The summed E-state index contributed by atoms with van der Waals surface area (Å²) in [4.78, 5) is 10.3. The number of aliphatic carboxylic acids is 1. The Bertz CT molecular complexity index is 134. The number of hydrogen-bond acceptors (Lipinski definition) is 3. The minimum absolute atomic E-state index is 0. The van der Waals surface area contributed by atoms with Gasteiger partial charge >= 0.3 is 5.97 Å². The molecule has 1 fully saturated rings. The van der Waals surface area contributed by atoms with E-state index in [9.17, 15) is 4.79 Å². The Morgan fingerprint density at radius 1 is 1.73 bits per heavy atom. The third-order valence-corrected chi connectivity index (χ3v) is 1.47. The van der Waals surface area contributed by atoms with E-state index >= 15 is 0 Å². The highest BCUT2D eigenvalue weighted by Gasteiger charge is 2.23. The molecule has 11 heavy (non-hydrogen) atoms. The van der Waals surface area contributed by atoms with Crippen LogP contribution >= 0.6 is 12.4 Å². The average molecular weight is 182 g/mol. The molecule has 1 rings (SSSR count). The minimum Gasteiger partial charge on any atom is -0.479 e. The number of nitrogens with one attached hydrogen (secondary N) is 1. The molecule has 1 saturated heterocycles. The Kier molecular flexibility index (Phi) is 4.40. The second kappa shape index (κ2) is 4.54. The molecule has 0 aromatic heterocycles. The first-order valence-electron chi connectivity index (χ1n) is 3.28. The SMILES string of the molecule is C[C@@H]1CO[C@H](C(=O)O)CN1.Cl. The maximum atomic E-state index is 10.3. The fourth-order valence-corrected chi connectivity index (χ4v) is 0.845. The van der Waals surface area contributed by atoms with Crippen LogP contribution in [0.5, 0.6) is 0 Å². The molecule has 2 N–H and O–H groups in total. The van der Waals surface area contributed by atoms with Crippen LogP contribution in [0.15, 0.2) is 0 Å². The maximum absolute atomic E-state index is 10.3. The summed E-state index contributed by atoms with van der Waals surface area (Å²) in [6, 6.07) is 0.274. The second-order valence-corrected chi connectivity index (χ2v) is 2.47. The molecule has 2 atom stereocenters. The molecule has 0 radical (unpaired) electrons. The van der Waals surface area contributed by atoms with Crippen molar-refractivity contribution in [3.05, 3.63) is 0 Å². The lowest BCUT2D eigenvalue weighted by Gasteiger charge is -2.25. The number of halogens is 1. The number of carbonyl (C=O) groups is 1. The molecule has 0 saturated carbocycles. The van der Waals surface area contributed by atoms with Gasteiger partial charge in [0.15, 0.2) is 6.10 Å². The molecule has 0 bridgehead atoms. The van der Waals surface area contributed by atoms with E-state index in [2.05, 4.69) is 5.32 Å². The van der Waals surface area contributed by atoms with Crippen LogP contribution in [0.2, 0.25) is 0 Å². The molecule has 1 aliphatic heterocycles. The zero-order valence-electron chi connectivity index (χ0n) is 6.24. The summed E-state index contributed by atoms with van der Waals surface area (Å²) < 4.78 is 4.99. The largest absolute Gasteiger partial charge is 0.479 e. The van der Waals surface area contributed by atoms with Crippen LogP contribution in [0.25, 0.3) is 0 Å². The van der Waals surface area contributed by atoms with Crippen molar-refractivity contribution in [1.29, 1.82) is 0 Å². The summed E-state index contributed by atoms with van der Waals surface area (Å²) >= 11 is 0. The molecular formula is C6H12ClNO3. The molecule has 1 heterocycles. The van der Waals surface area contributed by atoms with Gasteiger partial charge < -0.3 is 15.2 Å². The van der Waals surface area contributed by atoms with E-state index in [0.29, 0.717) is 13.2 Å². The number of rotatable bonds is 1. The van der Waals surface area contributed by atoms with E-state index in [0.717, 1.165) is 0 Å². The van der Waals surface area contributed by atoms with Gasteiger partial charge in [-0.25, -0.2) is 4.79 Å². The number of morpholine rings is 1. The van der Waals surface area contributed by atoms with Crippen LogP contribution in [-0.2, 0) is 9.53 Å². The molecule has 0 aliphatic carbocycles. The molecular weight excluding hydrogens is 170 g/mol. The Labute approximate surface area is 71.3 Å². The van der Waals surface area contributed by atoms with Crippen molar-refractivity contribution in [2.24, 2.45) is 0 Å². The Hall–Kier alpha value is -0.320. The fourth-order valence-electron chi connectivity index (χ4n) is 0.845. The molecule has 0 aromatic rings. The molecule has 66 valence electrons. The standard InChI is InChI=1S/C6H11NO3.ClH/c1-4-3-10-5(2-7-4)6(8)9;/h4-5,7H,2-3H2,1H3,(H,8,9);1H/t4-,5+;/m1./s1. The lowest BCUT2D eigenvalue weighted by atomic mass is 10.2. The summed E-state index contributed by atoms with van der Waals surface area (Å²) in [5.74, 6) is -0.889. The number of carboxylic acids is 1. The molecule has 4 nitrogen and oxygen atoms in total. The molecule has 0 unspecified atom stereocenters. The maximum Gasteiger partial charge on any atom is 0.334 e. The van der Waals surface area contributed by atoms with E-state index in [-0.39, 0.29) is 18.4 Å². The molecule has 0 aromatic carbocycles. The Balaban J connectivity index is 0.000001000.